The zero-order valence-corrected chi connectivity index (χ0v) is 13.2. The van der Waals surface area contributed by atoms with Crippen LogP contribution in [0, 0.1) is 0 Å². The van der Waals surface area contributed by atoms with E-state index in [0.717, 1.165) is 4.47 Å². The summed E-state index contributed by atoms with van der Waals surface area (Å²) in [4.78, 5) is 12.0. The van der Waals surface area contributed by atoms with Gasteiger partial charge in [-0.15, -0.1) is 0 Å². The Morgan fingerprint density at radius 1 is 1.00 bits per heavy atom. The molecule has 2 amide bonds. The molecule has 0 radical (unpaired) electrons. The molecule has 0 atom stereocenters. The van der Waals surface area contributed by atoms with Crippen molar-refractivity contribution in [1.82, 2.24) is 0 Å². The van der Waals surface area contributed by atoms with Gasteiger partial charge in [0.2, 0.25) is 0 Å². The molecule has 110 valence electrons. The Kier molecular flexibility index (Phi) is 5.05. The molecule has 0 bridgehead atoms. The highest BCUT2D eigenvalue weighted by molar-refractivity contribution is 9.10. The monoisotopic (exact) mass is 350 g/mol. The number of anilines is 2. The van der Waals surface area contributed by atoms with Crippen LogP contribution in [0.2, 0.25) is 0 Å². The van der Waals surface area contributed by atoms with Crippen molar-refractivity contribution in [3.8, 4) is 11.5 Å². The maximum Gasteiger partial charge on any atom is 0.323 e. The molecule has 0 aliphatic rings. The Morgan fingerprint density at radius 2 is 1.71 bits per heavy atom. The third-order valence-electron chi connectivity index (χ3n) is 2.76. The first-order chi connectivity index (χ1) is 10.1. The predicted molar refractivity (Wildman–Crippen MR) is 86.3 cm³/mol. The molecule has 5 nitrogen and oxygen atoms in total. The summed E-state index contributed by atoms with van der Waals surface area (Å²) in [6, 6.07) is 12.1. The van der Waals surface area contributed by atoms with Crippen LogP contribution in [0.5, 0.6) is 11.5 Å². The van der Waals surface area contributed by atoms with Crippen LogP contribution in [-0.4, -0.2) is 20.3 Å². The van der Waals surface area contributed by atoms with Gasteiger partial charge in [0.15, 0.2) is 0 Å². The Labute approximate surface area is 131 Å². The highest BCUT2D eigenvalue weighted by atomic mass is 79.9. The lowest BCUT2D eigenvalue weighted by Gasteiger charge is -2.12. The summed E-state index contributed by atoms with van der Waals surface area (Å²) >= 11 is 3.34. The summed E-state index contributed by atoms with van der Waals surface area (Å²) in [5.74, 6) is 1.19. The van der Waals surface area contributed by atoms with E-state index in [-0.39, 0.29) is 6.03 Å². The molecule has 2 N–H and O–H groups in total. The molecule has 0 saturated carbocycles. The first kappa shape index (κ1) is 15.2. The zero-order valence-electron chi connectivity index (χ0n) is 11.6. The number of amides is 2. The van der Waals surface area contributed by atoms with Crippen molar-refractivity contribution in [3.05, 3.63) is 46.9 Å². The molecule has 6 heteroatoms. The first-order valence-electron chi connectivity index (χ1n) is 6.18. The lowest BCUT2D eigenvalue weighted by atomic mass is 10.2. The number of ether oxygens (including phenoxy) is 2. The van der Waals surface area contributed by atoms with Crippen LogP contribution >= 0.6 is 15.9 Å². The Morgan fingerprint density at radius 3 is 2.33 bits per heavy atom. The largest absolute Gasteiger partial charge is 0.497 e. The fourth-order valence-corrected chi connectivity index (χ4v) is 1.98. The van der Waals surface area contributed by atoms with Gasteiger partial charge in [-0.2, -0.15) is 0 Å². The van der Waals surface area contributed by atoms with Crippen LogP contribution < -0.4 is 20.1 Å². The van der Waals surface area contributed by atoms with E-state index in [1.54, 1.807) is 37.4 Å². The SMILES string of the molecule is COc1ccc(NC(=O)Nc2ccc(Br)cc2)c(OC)c1. The molecular weight excluding hydrogens is 336 g/mol. The van der Waals surface area contributed by atoms with E-state index in [1.807, 2.05) is 12.1 Å². The van der Waals surface area contributed by atoms with E-state index in [1.165, 1.54) is 7.11 Å². The Bertz CT molecular complexity index is 629. The van der Waals surface area contributed by atoms with Crippen molar-refractivity contribution >= 4 is 33.3 Å². The van der Waals surface area contributed by atoms with E-state index in [4.69, 9.17) is 9.47 Å². The van der Waals surface area contributed by atoms with E-state index in [2.05, 4.69) is 26.6 Å². The smallest absolute Gasteiger partial charge is 0.323 e. The quantitative estimate of drug-likeness (QED) is 0.872. The minimum atomic E-state index is -0.346. The molecule has 2 aromatic carbocycles. The Balaban J connectivity index is 2.07. The van der Waals surface area contributed by atoms with Gasteiger partial charge in [-0.05, 0) is 36.4 Å². The van der Waals surface area contributed by atoms with Gasteiger partial charge >= 0.3 is 6.03 Å². The van der Waals surface area contributed by atoms with Crippen LogP contribution in [0.4, 0.5) is 16.2 Å². The van der Waals surface area contributed by atoms with Crippen molar-refractivity contribution in [2.45, 2.75) is 0 Å². The zero-order chi connectivity index (χ0) is 15.2. The van der Waals surface area contributed by atoms with Gasteiger partial charge in [-0.25, -0.2) is 4.79 Å². The molecule has 0 unspecified atom stereocenters. The molecule has 0 heterocycles. The molecule has 0 spiro atoms. The van der Waals surface area contributed by atoms with Crippen LogP contribution in [0.25, 0.3) is 0 Å². The van der Waals surface area contributed by atoms with Gasteiger partial charge in [0.05, 0.1) is 19.9 Å². The number of methoxy groups -OCH3 is 2. The third kappa shape index (κ3) is 4.13. The fourth-order valence-electron chi connectivity index (χ4n) is 1.72. The second-order valence-electron chi connectivity index (χ2n) is 4.15. The lowest BCUT2D eigenvalue weighted by molar-refractivity contribution is 0.262. The molecule has 0 fully saturated rings. The van der Waals surface area contributed by atoms with Gasteiger partial charge in [-0.1, -0.05) is 15.9 Å². The van der Waals surface area contributed by atoms with Crippen LogP contribution in [0.15, 0.2) is 46.9 Å². The Hall–Kier alpha value is -2.21. The second kappa shape index (κ2) is 6.99. The maximum atomic E-state index is 12.0. The lowest BCUT2D eigenvalue weighted by Crippen LogP contribution is -2.19. The van der Waals surface area contributed by atoms with Crippen molar-refractivity contribution in [3.63, 3.8) is 0 Å². The number of hydrogen-bond donors (Lipinski definition) is 2. The summed E-state index contributed by atoms with van der Waals surface area (Å²) in [5.41, 5.74) is 1.26. The van der Waals surface area contributed by atoms with Gasteiger partial charge in [0.25, 0.3) is 0 Å². The maximum absolute atomic E-state index is 12.0. The highest BCUT2D eigenvalue weighted by Crippen LogP contribution is 2.29. The topological polar surface area (TPSA) is 59.6 Å². The molecule has 0 aliphatic heterocycles. The number of urea groups is 1. The number of hydrogen-bond acceptors (Lipinski definition) is 3. The first-order valence-corrected chi connectivity index (χ1v) is 6.97. The van der Waals surface area contributed by atoms with Crippen molar-refractivity contribution in [1.29, 1.82) is 0 Å². The van der Waals surface area contributed by atoms with Crippen LogP contribution in [-0.2, 0) is 0 Å². The molecule has 2 aromatic rings. The van der Waals surface area contributed by atoms with Gasteiger partial charge in [0.1, 0.15) is 11.5 Å². The molecular formula is C15H15BrN2O3. The summed E-state index contributed by atoms with van der Waals surface area (Å²) in [5, 5.41) is 5.47. The number of rotatable bonds is 4. The standard InChI is InChI=1S/C15H15BrN2O3/c1-20-12-7-8-13(14(9-12)21-2)18-15(19)17-11-5-3-10(16)4-6-11/h3-9H,1-2H3,(H2,17,18,19). The number of carbonyl (C=O) groups excluding carboxylic acids is 1. The van der Waals surface area contributed by atoms with Gasteiger partial charge < -0.3 is 20.1 Å². The fraction of sp³-hybridized carbons (Fsp3) is 0.133. The number of benzene rings is 2. The molecule has 0 aromatic heterocycles. The van der Waals surface area contributed by atoms with E-state index < -0.39 is 0 Å². The number of nitrogens with one attached hydrogen (secondary N) is 2. The van der Waals surface area contributed by atoms with E-state index in [0.29, 0.717) is 22.9 Å². The molecule has 0 saturated heterocycles. The third-order valence-corrected chi connectivity index (χ3v) is 3.29. The summed E-state index contributed by atoms with van der Waals surface area (Å²) in [6.45, 7) is 0. The predicted octanol–water partition coefficient (Wildman–Crippen LogP) is 4.11. The summed E-state index contributed by atoms with van der Waals surface area (Å²) < 4.78 is 11.3. The summed E-state index contributed by atoms with van der Waals surface area (Å²) in [6.07, 6.45) is 0. The van der Waals surface area contributed by atoms with Gasteiger partial charge in [-0.3, -0.25) is 0 Å². The highest BCUT2D eigenvalue weighted by Gasteiger charge is 2.09. The minimum absolute atomic E-state index is 0.346. The van der Waals surface area contributed by atoms with Crippen molar-refractivity contribution < 1.29 is 14.3 Å². The van der Waals surface area contributed by atoms with Crippen LogP contribution in [0.3, 0.4) is 0 Å². The molecule has 2 rings (SSSR count). The van der Waals surface area contributed by atoms with Gasteiger partial charge in [0, 0.05) is 16.2 Å². The van der Waals surface area contributed by atoms with E-state index >= 15 is 0 Å². The minimum Gasteiger partial charge on any atom is -0.497 e. The molecule has 0 aliphatic carbocycles. The van der Waals surface area contributed by atoms with Crippen LogP contribution in [0.1, 0.15) is 0 Å². The summed E-state index contributed by atoms with van der Waals surface area (Å²) in [7, 11) is 3.11. The average molecular weight is 351 g/mol. The average Bonchev–Trinajstić information content (AvgIpc) is 2.50. The van der Waals surface area contributed by atoms with Crippen molar-refractivity contribution in [2.75, 3.05) is 24.9 Å². The van der Waals surface area contributed by atoms with Crippen molar-refractivity contribution in [2.24, 2.45) is 0 Å². The second-order valence-corrected chi connectivity index (χ2v) is 5.07. The number of halogens is 1. The van der Waals surface area contributed by atoms with E-state index in [9.17, 15) is 4.79 Å². The molecule has 21 heavy (non-hydrogen) atoms. The number of carbonyl (C=O) groups is 1. The normalized spacial score (nSPS) is 9.86.